The first kappa shape index (κ1) is 17.0. The Morgan fingerprint density at radius 3 is 2.16 bits per heavy atom. The summed E-state index contributed by atoms with van der Waals surface area (Å²) in [5, 5.41) is 0.299. The molecule has 0 amide bonds. The Morgan fingerprint density at radius 1 is 1.16 bits per heavy atom. The van der Waals surface area contributed by atoms with Gasteiger partial charge in [-0.2, -0.15) is 0 Å². The van der Waals surface area contributed by atoms with Gasteiger partial charge in [-0.25, -0.2) is 0 Å². The second kappa shape index (κ2) is 6.58. The fourth-order valence-electron chi connectivity index (χ4n) is 2.74. The maximum absolute atomic E-state index is 6.43. The summed E-state index contributed by atoms with van der Waals surface area (Å²) in [6.45, 7) is 16.1. The zero-order valence-electron chi connectivity index (χ0n) is 14.2. The molecule has 1 aliphatic carbocycles. The summed E-state index contributed by atoms with van der Waals surface area (Å²) in [6.07, 6.45) is 9.67. The first-order chi connectivity index (χ1) is 8.63. The molecule has 0 aromatic carbocycles. The zero-order chi connectivity index (χ0) is 14.7. The van der Waals surface area contributed by atoms with E-state index in [1.807, 2.05) is 0 Å². The molecule has 0 saturated heterocycles. The molecule has 0 radical (unpaired) electrons. The van der Waals surface area contributed by atoms with Crippen LogP contribution >= 0.6 is 0 Å². The number of allylic oxidation sites excluding steroid dienone is 1. The summed E-state index contributed by atoms with van der Waals surface area (Å²) >= 11 is 0. The van der Waals surface area contributed by atoms with E-state index in [1.54, 1.807) is 5.57 Å². The van der Waals surface area contributed by atoms with Crippen molar-refractivity contribution in [3.8, 4) is 0 Å². The van der Waals surface area contributed by atoms with E-state index >= 15 is 0 Å². The normalized spacial score (nSPS) is 21.5. The molecule has 1 fully saturated rings. The molecule has 1 aliphatic rings. The highest BCUT2D eigenvalue weighted by atomic mass is 28.4. The van der Waals surface area contributed by atoms with E-state index in [0.717, 1.165) is 5.92 Å². The first-order valence-electron chi connectivity index (χ1n) is 7.99. The average molecular weight is 283 g/mol. The number of rotatable bonds is 4. The van der Waals surface area contributed by atoms with Crippen molar-refractivity contribution in [3.63, 3.8) is 0 Å². The standard InChI is InChI=1S/C17H34OSi/c1-14(16-11-9-8-10-12-16)13-15(2)18-19(6,7)17(3,4)5/h13,15-16H,8-12H2,1-7H3/b14-13+. The highest BCUT2D eigenvalue weighted by Crippen LogP contribution is 2.38. The third-order valence-electron chi connectivity index (χ3n) is 5.03. The summed E-state index contributed by atoms with van der Waals surface area (Å²) in [5.74, 6) is 0.819. The molecule has 0 heterocycles. The quantitative estimate of drug-likeness (QED) is 0.459. The third kappa shape index (κ3) is 5.07. The highest BCUT2D eigenvalue weighted by molar-refractivity contribution is 6.74. The molecule has 19 heavy (non-hydrogen) atoms. The van der Waals surface area contributed by atoms with Crippen molar-refractivity contribution in [2.75, 3.05) is 0 Å². The smallest absolute Gasteiger partial charge is 0.192 e. The van der Waals surface area contributed by atoms with Crippen molar-refractivity contribution in [3.05, 3.63) is 11.6 Å². The lowest BCUT2D eigenvalue weighted by atomic mass is 9.84. The molecule has 0 aromatic heterocycles. The topological polar surface area (TPSA) is 9.23 Å². The van der Waals surface area contributed by atoms with E-state index in [-0.39, 0.29) is 6.10 Å². The van der Waals surface area contributed by atoms with E-state index < -0.39 is 8.32 Å². The fraction of sp³-hybridized carbons (Fsp3) is 0.882. The number of hydrogen-bond acceptors (Lipinski definition) is 1. The van der Waals surface area contributed by atoms with Gasteiger partial charge in [-0.05, 0) is 50.7 Å². The van der Waals surface area contributed by atoms with E-state index in [9.17, 15) is 0 Å². The van der Waals surface area contributed by atoms with Crippen LogP contribution in [0.25, 0.3) is 0 Å². The summed E-state index contributed by atoms with van der Waals surface area (Å²) in [4.78, 5) is 0. The molecule has 1 unspecified atom stereocenters. The lowest BCUT2D eigenvalue weighted by Gasteiger charge is -2.38. The minimum Gasteiger partial charge on any atom is -0.411 e. The van der Waals surface area contributed by atoms with Gasteiger partial charge in [0.1, 0.15) is 0 Å². The average Bonchev–Trinajstić information content (AvgIpc) is 2.27. The second-order valence-electron chi connectivity index (χ2n) is 7.83. The Hall–Kier alpha value is -0.0831. The minimum atomic E-state index is -1.63. The van der Waals surface area contributed by atoms with Crippen molar-refractivity contribution in [2.45, 2.75) is 91.0 Å². The molecular weight excluding hydrogens is 248 g/mol. The Morgan fingerprint density at radius 2 is 1.68 bits per heavy atom. The molecule has 0 bridgehead atoms. The van der Waals surface area contributed by atoms with Crippen molar-refractivity contribution in [1.82, 2.24) is 0 Å². The van der Waals surface area contributed by atoms with Gasteiger partial charge in [0.25, 0.3) is 0 Å². The fourth-order valence-corrected chi connectivity index (χ4v) is 4.09. The van der Waals surface area contributed by atoms with Gasteiger partial charge in [-0.15, -0.1) is 0 Å². The summed E-state index contributed by atoms with van der Waals surface area (Å²) in [6, 6.07) is 0. The second-order valence-corrected chi connectivity index (χ2v) is 12.6. The largest absolute Gasteiger partial charge is 0.411 e. The maximum atomic E-state index is 6.43. The first-order valence-corrected chi connectivity index (χ1v) is 10.9. The lowest BCUT2D eigenvalue weighted by molar-refractivity contribution is 0.240. The van der Waals surface area contributed by atoms with Crippen LogP contribution < -0.4 is 0 Å². The van der Waals surface area contributed by atoms with Gasteiger partial charge in [-0.1, -0.05) is 51.7 Å². The molecule has 1 saturated carbocycles. The van der Waals surface area contributed by atoms with E-state index in [4.69, 9.17) is 4.43 Å². The maximum Gasteiger partial charge on any atom is 0.192 e. The van der Waals surface area contributed by atoms with Crippen molar-refractivity contribution in [1.29, 1.82) is 0 Å². The van der Waals surface area contributed by atoms with Crippen LogP contribution in [-0.4, -0.2) is 14.4 Å². The van der Waals surface area contributed by atoms with Gasteiger partial charge >= 0.3 is 0 Å². The van der Waals surface area contributed by atoms with Crippen LogP contribution in [0.3, 0.4) is 0 Å². The monoisotopic (exact) mass is 282 g/mol. The van der Waals surface area contributed by atoms with Gasteiger partial charge in [0, 0.05) is 0 Å². The summed E-state index contributed by atoms with van der Waals surface area (Å²) in [5.41, 5.74) is 1.56. The van der Waals surface area contributed by atoms with Crippen LogP contribution in [0, 0.1) is 5.92 Å². The molecule has 112 valence electrons. The van der Waals surface area contributed by atoms with Gasteiger partial charge in [-0.3, -0.25) is 0 Å². The van der Waals surface area contributed by atoms with Crippen molar-refractivity contribution < 1.29 is 4.43 Å². The molecular formula is C17H34OSi. The van der Waals surface area contributed by atoms with Crippen molar-refractivity contribution >= 4 is 8.32 Å². The minimum absolute atomic E-state index is 0.266. The van der Waals surface area contributed by atoms with Crippen LogP contribution in [0.1, 0.15) is 66.7 Å². The van der Waals surface area contributed by atoms with Crippen LogP contribution in [0.4, 0.5) is 0 Å². The van der Waals surface area contributed by atoms with Gasteiger partial charge < -0.3 is 4.43 Å². The predicted molar refractivity (Wildman–Crippen MR) is 88.1 cm³/mol. The summed E-state index contributed by atoms with van der Waals surface area (Å²) in [7, 11) is -1.63. The predicted octanol–water partition coefficient (Wildman–Crippen LogP) is 5.92. The Labute approximate surface area is 122 Å². The van der Waals surface area contributed by atoms with Crippen LogP contribution in [0.5, 0.6) is 0 Å². The highest BCUT2D eigenvalue weighted by Gasteiger charge is 2.38. The molecule has 0 spiro atoms. The number of hydrogen-bond donors (Lipinski definition) is 0. The van der Waals surface area contributed by atoms with Crippen LogP contribution in [0.15, 0.2) is 11.6 Å². The zero-order valence-corrected chi connectivity index (χ0v) is 15.2. The van der Waals surface area contributed by atoms with E-state index in [2.05, 4.69) is 53.8 Å². The third-order valence-corrected chi connectivity index (χ3v) is 9.61. The van der Waals surface area contributed by atoms with Crippen molar-refractivity contribution in [2.24, 2.45) is 5.92 Å². The van der Waals surface area contributed by atoms with Crippen LogP contribution in [0.2, 0.25) is 18.1 Å². The van der Waals surface area contributed by atoms with Gasteiger partial charge in [0.15, 0.2) is 8.32 Å². The molecule has 0 aromatic rings. The Bertz CT molecular complexity index is 306. The molecule has 1 atom stereocenters. The molecule has 1 rings (SSSR count). The SMILES string of the molecule is C/C(=C\C(C)O[Si](C)(C)C(C)(C)C)C1CCCCC1. The molecule has 0 aliphatic heterocycles. The van der Waals surface area contributed by atoms with Gasteiger partial charge in [0.05, 0.1) is 6.10 Å². The Balaban J connectivity index is 2.60. The molecule has 1 nitrogen and oxygen atoms in total. The molecule has 2 heteroatoms. The lowest BCUT2D eigenvalue weighted by Crippen LogP contribution is -2.43. The molecule has 0 N–H and O–H groups in total. The van der Waals surface area contributed by atoms with E-state index in [0.29, 0.717) is 5.04 Å². The van der Waals surface area contributed by atoms with E-state index in [1.165, 1.54) is 32.1 Å². The van der Waals surface area contributed by atoms with Crippen LogP contribution in [-0.2, 0) is 4.43 Å². The van der Waals surface area contributed by atoms with Gasteiger partial charge in [0.2, 0.25) is 0 Å². The Kier molecular flexibility index (Phi) is 5.88. The summed E-state index contributed by atoms with van der Waals surface area (Å²) < 4.78 is 6.43.